The van der Waals surface area contributed by atoms with Gasteiger partial charge in [-0.3, -0.25) is 9.69 Å². The molecule has 1 amide bonds. The molecule has 8 heteroatoms. The maximum absolute atomic E-state index is 13.2. The Bertz CT molecular complexity index is 1140. The van der Waals surface area contributed by atoms with Gasteiger partial charge in [-0.1, -0.05) is 6.07 Å². The lowest BCUT2D eigenvalue weighted by Crippen LogP contribution is -2.47. The molecule has 0 aliphatic carbocycles. The van der Waals surface area contributed by atoms with Gasteiger partial charge in [0.05, 0.1) is 17.0 Å². The smallest absolute Gasteiger partial charge is 0.224 e. The van der Waals surface area contributed by atoms with Crippen molar-refractivity contribution in [3.05, 3.63) is 53.8 Å². The number of H-pyrrole nitrogens is 1. The first-order valence-corrected chi connectivity index (χ1v) is 12.8. The summed E-state index contributed by atoms with van der Waals surface area (Å²) in [5.41, 5.74) is 4.30. The van der Waals surface area contributed by atoms with E-state index in [-0.39, 0.29) is 17.6 Å². The number of imidazole rings is 1. The fourth-order valence-electron chi connectivity index (χ4n) is 5.18. The molecule has 0 radical (unpaired) electrons. The highest BCUT2D eigenvalue weighted by Crippen LogP contribution is 2.24. The van der Waals surface area contributed by atoms with Gasteiger partial charge in [0.15, 0.2) is 0 Å². The van der Waals surface area contributed by atoms with Crippen LogP contribution in [0.1, 0.15) is 24.8 Å². The Labute approximate surface area is 206 Å². The molecule has 1 atom stereocenters. The molecule has 3 aromatic rings. The molecule has 2 fully saturated rings. The van der Waals surface area contributed by atoms with E-state index < -0.39 is 0 Å². The lowest BCUT2D eigenvalue weighted by Gasteiger charge is -2.36. The van der Waals surface area contributed by atoms with Crippen molar-refractivity contribution in [1.82, 2.24) is 20.2 Å². The number of aromatic amines is 1. The van der Waals surface area contributed by atoms with Crippen LogP contribution >= 0.6 is 0 Å². The summed E-state index contributed by atoms with van der Waals surface area (Å²) in [5.74, 6) is 0.823. The van der Waals surface area contributed by atoms with E-state index >= 15 is 0 Å². The number of benzene rings is 2. The minimum absolute atomic E-state index is 0.00190. The number of aryl methyl sites for hydroxylation is 1. The maximum atomic E-state index is 13.2. The Hall–Kier alpha value is -3.13. The van der Waals surface area contributed by atoms with Gasteiger partial charge in [-0.2, -0.15) is 0 Å². The molecule has 186 valence electrons. The van der Waals surface area contributed by atoms with Gasteiger partial charge in [-0.15, -0.1) is 0 Å². The number of nitrogens with zero attached hydrogens (tertiary/aromatic N) is 4. The number of hydrogen-bond donors (Lipinski definition) is 2. The van der Waals surface area contributed by atoms with E-state index in [2.05, 4.69) is 44.1 Å². The summed E-state index contributed by atoms with van der Waals surface area (Å²) in [4.78, 5) is 28.0. The summed E-state index contributed by atoms with van der Waals surface area (Å²) in [6.45, 7) is 9.25. The minimum Gasteiger partial charge on any atom is -0.369 e. The van der Waals surface area contributed by atoms with E-state index in [4.69, 9.17) is 4.98 Å². The van der Waals surface area contributed by atoms with Crippen LogP contribution in [0.2, 0.25) is 0 Å². The van der Waals surface area contributed by atoms with Crippen LogP contribution in [0.5, 0.6) is 0 Å². The number of rotatable bonds is 7. The van der Waals surface area contributed by atoms with Crippen LogP contribution in [-0.2, 0) is 4.79 Å². The van der Waals surface area contributed by atoms with Gasteiger partial charge in [0, 0.05) is 51.5 Å². The monoisotopic (exact) mass is 478 g/mol. The maximum Gasteiger partial charge on any atom is 0.224 e. The lowest BCUT2D eigenvalue weighted by atomic mass is 9.97. The molecule has 2 aliphatic heterocycles. The first kappa shape index (κ1) is 23.6. The zero-order valence-electron chi connectivity index (χ0n) is 20.5. The Morgan fingerprint density at radius 3 is 2.69 bits per heavy atom. The van der Waals surface area contributed by atoms with Gasteiger partial charge >= 0.3 is 0 Å². The molecule has 0 unspecified atom stereocenters. The third kappa shape index (κ3) is 5.75. The van der Waals surface area contributed by atoms with Gasteiger partial charge < -0.3 is 20.1 Å². The van der Waals surface area contributed by atoms with Crippen LogP contribution in [-0.4, -0.2) is 73.1 Å². The number of anilines is 2. The van der Waals surface area contributed by atoms with E-state index in [1.807, 2.05) is 18.2 Å². The van der Waals surface area contributed by atoms with Gasteiger partial charge in [0.2, 0.25) is 11.9 Å². The van der Waals surface area contributed by atoms with Crippen LogP contribution in [0.3, 0.4) is 0 Å². The molecule has 0 saturated carbocycles. The van der Waals surface area contributed by atoms with E-state index in [0.29, 0.717) is 13.1 Å². The molecule has 2 aliphatic rings. The molecule has 0 bridgehead atoms. The minimum atomic E-state index is -0.194. The molecule has 2 N–H and O–H groups in total. The molecule has 35 heavy (non-hydrogen) atoms. The van der Waals surface area contributed by atoms with Gasteiger partial charge in [-0.25, -0.2) is 9.37 Å². The fourth-order valence-corrected chi connectivity index (χ4v) is 5.18. The quantitative estimate of drug-likeness (QED) is 0.509. The number of aromatic nitrogens is 2. The third-order valence-corrected chi connectivity index (χ3v) is 7.23. The van der Waals surface area contributed by atoms with Gasteiger partial charge in [0.25, 0.3) is 0 Å². The number of halogens is 1. The van der Waals surface area contributed by atoms with E-state index in [9.17, 15) is 9.18 Å². The highest BCUT2D eigenvalue weighted by atomic mass is 19.1. The van der Waals surface area contributed by atoms with Crippen LogP contribution < -0.4 is 15.1 Å². The topological polar surface area (TPSA) is 67.5 Å². The van der Waals surface area contributed by atoms with Crippen molar-refractivity contribution in [3.8, 4) is 0 Å². The van der Waals surface area contributed by atoms with Crippen molar-refractivity contribution < 1.29 is 9.18 Å². The SMILES string of the molecule is Cc1ccc2nc(N3CCC[C@H](C(=O)NCCCN4CCN(c5ccc(F)cc5)CC4)C3)[nH]c2c1. The number of piperazine rings is 1. The number of carbonyl (C=O) groups is 1. The molecule has 5 rings (SSSR count). The summed E-state index contributed by atoms with van der Waals surface area (Å²) in [5, 5.41) is 3.17. The second kappa shape index (κ2) is 10.6. The van der Waals surface area contributed by atoms with Gasteiger partial charge in [-0.05, 0) is 74.7 Å². The van der Waals surface area contributed by atoms with Gasteiger partial charge in [0.1, 0.15) is 5.82 Å². The second-order valence-electron chi connectivity index (χ2n) is 9.82. The first-order chi connectivity index (χ1) is 17.0. The molecular weight excluding hydrogens is 443 g/mol. The van der Waals surface area contributed by atoms with E-state index in [1.165, 1.54) is 17.7 Å². The second-order valence-corrected chi connectivity index (χ2v) is 9.82. The summed E-state index contributed by atoms with van der Waals surface area (Å²) in [6, 6.07) is 13.0. The number of nitrogens with one attached hydrogen (secondary N) is 2. The first-order valence-electron chi connectivity index (χ1n) is 12.8. The molecular formula is C27H35FN6O. The zero-order valence-corrected chi connectivity index (χ0v) is 20.5. The molecule has 2 saturated heterocycles. The number of piperidine rings is 1. The third-order valence-electron chi connectivity index (χ3n) is 7.23. The Kier molecular flexibility index (Phi) is 7.18. The number of hydrogen-bond acceptors (Lipinski definition) is 5. The average molecular weight is 479 g/mol. The molecule has 1 aromatic heterocycles. The molecule has 2 aromatic carbocycles. The Balaban J connectivity index is 1.03. The predicted octanol–water partition coefficient (Wildman–Crippen LogP) is 3.56. The van der Waals surface area contributed by atoms with E-state index in [0.717, 1.165) is 81.2 Å². The van der Waals surface area contributed by atoms with Crippen molar-refractivity contribution in [1.29, 1.82) is 0 Å². The van der Waals surface area contributed by atoms with Crippen molar-refractivity contribution in [2.75, 3.05) is 62.2 Å². The van der Waals surface area contributed by atoms with Crippen molar-refractivity contribution in [2.45, 2.75) is 26.2 Å². The predicted molar refractivity (Wildman–Crippen MR) is 138 cm³/mol. The van der Waals surface area contributed by atoms with Crippen LogP contribution in [0.15, 0.2) is 42.5 Å². The normalized spacial score (nSPS) is 19.3. The summed E-state index contributed by atoms with van der Waals surface area (Å²) < 4.78 is 13.2. The standard InChI is InChI=1S/C27H35FN6O/c1-20-5-10-24-25(18-20)31-27(30-24)34-13-2-4-21(19-34)26(35)29-11-3-12-32-14-16-33(17-15-32)23-8-6-22(28)7-9-23/h5-10,18,21H,2-4,11-17,19H2,1H3,(H,29,35)(H,30,31)/t21-/m0/s1. The van der Waals surface area contributed by atoms with Crippen LogP contribution in [0, 0.1) is 18.7 Å². The van der Waals surface area contributed by atoms with Crippen LogP contribution in [0.25, 0.3) is 11.0 Å². The lowest BCUT2D eigenvalue weighted by molar-refractivity contribution is -0.125. The van der Waals surface area contributed by atoms with Crippen LogP contribution in [0.4, 0.5) is 16.0 Å². The Morgan fingerprint density at radius 1 is 1.09 bits per heavy atom. The zero-order chi connectivity index (χ0) is 24.2. The largest absolute Gasteiger partial charge is 0.369 e. The number of fused-ring (bicyclic) bond motifs is 1. The summed E-state index contributed by atoms with van der Waals surface area (Å²) >= 11 is 0. The summed E-state index contributed by atoms with van der Waals surface area (Å²) in [7, 11) is 0. The molecule has 7 nitrogen and oxygen atoms in total. The number of amides is 1. The Morgan fingerprint density at radius 2 is 1.89 bits per heavy atom. The van der Waals surface area contributed by atoms with Crippen molar-refractivity contribution in [2.24, 2.45) is 5.92 Å². The highest BCUT2D eigenvalue weighted by Gasteiger charge is 2.27. The van der Waals surface area contributed by atoms with Crippen molar-refractivity contribution in [3.63, 3.8) is 0 Å². The van der Waals surface area contributed by atoms with Crippen molar-refractivity contribution >= 4 is 28.6 Å². The van der Waals surface area contributed by atoms with E-state index in [1.54, 1.807) is 0 Å². The summed E-state index contributed by atoms with van der Waals surface area (Å²) in [6.07, 6.45) is 2.86. The number of carbonyl (C=O) groups excluding carboxylic acids is 1. The molecule has 3 heterocycles. The average Bonchev–Trinajstić information content (AvgIpc) is 3.31. The fraction of sp³-hybridized carbons (Fsp3) is 0.481. The highest BCUT2D eigenvalue weighted by molar-refractivity contribution is 5.80. The molecule has 0 spiro atoms.